The summed E-state index contributed by atoms with van der Waals surface area (Å²) in [7, 11) is 0. The van der Waals surface area contributed by atoms with Crippen molar-refractivity contribution in [3.63, 3.8) is 0 Å². The van der Waals surface area contributed by atoms with Gasteiger partial charge >= 0.3 is 0 Å². The quantitative estimate of drug-likeness (QED) is 0.542. The van der Waals surface area contributed by atoms with Crippen molar-refractivity contribution >= 4 is 11.8 Å². The smallest absolute Gasteiger partial charge is 0.257 e. The van der Waals surface area contributed by atoms with Crippen LogP contribution in [0.5, 0.6) is 0 Å². The molecule has 7 heteroatoms. The van der Waals surface area contributed by atoms with Crippen LogP contribution in [-0.4, -0.2) is 82.1 Å². The molecule has 34 heavy (non-hydrogen) atoms. The van der Waals surface area contributed by atoms with Crippen LogP contribution >= 0.6 is 0 Å². The van der Waals surface area contributed by atoms with E-state index in [1.54, 1.807) is 4.68 Å². The molecular weight excluding hydrogens is 426 g/mol. The van der Waals surface area contributed by atoms with Crippen molar-refractivity contribution in [2.24, 2.45) is 0 Å². The zero-order valence-electron chi connectivity index (χ0n) is 20.1. The van der Waals surface area contributed by atoms with E-state index in [4.69, 9.17) is 5.10 Å². The number of benzene rings is 2. The van der Waals surface area contributed by atoms with Gasteiger partial charge in [0.05, 0.1) is 17.8 Å². The Morgan fingerprint density at radius 3 is 2.24 bits per heavy atom. The van der Waals surface area contributed by atoms with Crippen molar-refractivity contribution in [1.29, 1.82) is 0 Å². The highest BCUT2D eigenvalue weighted by Gasteiger charge is 2.26. The minimum absolute atomic E-state index is 0.0158. The fraction of sp³-hybridized carbons (Fsp3) is 0.370. The highest BCUT2D eigenvalue weighted by molar-refractivity contribution is 6.00. The maximum atomic E-state index is 13.7. The molecule has 1 saturated heterocycles. The number of likely N-dealkylation sites (N-methyl/N-ethyl adjacent to an activating group) is 1. The molecule has 3 aromatic rings. The predicted octanol–water partition coefficient (Wildman–Crippen LogP) is 3.56. The lowest BCUT2D eigenvalue weighted by Gasteiger charge is -2.25. The van der Waals surface area contributed by atoms with Gasteiger partial charge in [-0.25, -0.2) is 4.68 Å². The van der Waals surface area contributed by atoms with E-state index in [1.807, 2.05) is 90.5 Å². The number of aromatic nitrogens is 2. The third-order valence-electron chi connectivity index (χ3n) is 6.36. The van der Waals surface area contributed by atoms with Crippen molar-refractivity contribution < 1.29 is 9.59 Å². The molecule has 0 radical (unpaired) electrons. The van der Waals surface area contributed by atoms with E-state index >= 15 is 0 Å². The highest BCUT2D eigenvalue weighted by Crippen LogP contribution is 2.25. The van der Waals surface area contributed by atoms with Gasteiger partial charge in [0.1, 0.15) is 5.69 Å². The van der Waals surface area contributed by atoms with Gasteiger partial charge < -0.3 is 9.80 Å². The Hall–Kier alpha value is -3.45. The molecule has 2 aromatic carbocycles. The molecule has 0 bridgehead atoms. The van der Waals surface area contributed by atoms with Crippen LogP contribution in [0.3, 0.4) is 0 Å². The van der Waals surface area contributed by atoms with E-state index in [1.165, 1.54) is 0 Å². The second-order valence-electron chi connectivity index (χ2n) is 8.53. The van der Waals surface area contributed by atoms with Crippen LogP contribution in [0.1, 0.15) is 30.6 Å². The van der Waals surface area contributed by atoms with Crippen LogP contribution < -0.4 is 0 Å². The summed E-state index contributed by atoms with van der Waals surface area (Å²) >= 11 is 0. The van der Waals surface area contributed by atoms with Crippen LogP contribution in [0.15, 0.2) is 66.9 Å². The summed E-state index contributed by atoms with van der Waals surface area (Å²) in [5.41, 5.74) is 3.12. The number of carbonyl (C=O) groups excluding carboxylic acids is 2. The third kappa shape index (κ3) is 5.37. The molecular formula is C27H33N5O2. The molecule has 1 aliphatic rings. The first-order valence-corrected chi connectivity index (χ1v) is 12.1. The second kappa shape index (κ2) is 11.1. The number of amides is 2. The molecule has 0 spiro atoms. The van der Waals surface area contributed by atoms with E-state index in [2.05, 4.69) is 4.90 Å². The van der Waals surface area contributed by atoms with Crippen molar-refractivity contribution in [2.75, 3.05) is 45.8 Å². The van der Waals surface area contributed by atoms with E-state index in [0.717, 1.165) is 37.3 Å². The van der Waals surface area contributed by atoms with Gasteiger partial charge in [0.15, 0.2) is 0 Å². The molecule has 0 unspecified atom stereocenters. The molecule has 0 aliphatic carbocycles. The minimum Gasteiger partial charge on any atom is -0.342 e. The summed E-state index contributed by atoms with van der Waals surface area (Å²) in [6, 6.07) is 19.7. The van der Waals surface area contributed by atoms with Crippen LogP contribution in [0.4, 0.5) is 0 Å². The SMILES string of the molecule is CCN(CC)C(=O)CN1CCCN(C(=O)c2cn(-c3ccccc3)nc2-c2ccccc2)CC1. The maximum Gasteiger partial charge on any atom is 0.257 e. The Kier molecular flexibility index (Phi) is 7.75. The summed E-state index contributed by atoms with van der Waals surface area (Å²) in [5, 5.41) is 4.79. The lowest BCUT2D eigenvalue weighted by atomic mass is 10.1. The number of hydrogen-bond donors (Lipinski definition) is 0. The van der Waals surface area contributed by atoms with Crippen LogP contribution in [0.2, 0.25) is 0 Å². The molecule has 1 fully saturated rings. The second-order valence-corrected chi connectivity index (χ2v) is 8.53. The van der Waals surface area contributed by atoms with Gasteiger partial charge in [0, 0.05) is 51.0 Å². The number of rotatable bonds is 7. The Morgan fingerprint density at radius 2 is 1.56 bits per heavy atom. The first-order valence-electron chi connectivity index (χ1n) is 12.1. The number of hydrogen-bond acceptors (Lipinski definition) is 4. The van der Waals surface area contributed by atoms with Crippen molar-refractivity contribution in [2.45, 2.75) is 20.3 Å². The Labute approximate surface area is 201 Å². The number of carbonyl (C=O) groups is 2. The Morgan fingerprint density at radius 1 is 0.882 bits per heavy atom. The first-order chi connectivity index (χ1) is 16.6. The predicted molar refractivity (Wildman–Crippen MR) is 134 cm³/mol. The van der Waals surface area contributed by atoms with E-state index in [-0.39, 0.29) is 11.8 Å². The molecule has 1 aromatic heterocycles. The van der Waals surface area contributed by atoms with Crippen LogP contribution in [-0.2, 0) is 4.79 Å². The number of para-hydroxylation sites is 1. The van der Waals surface area contributed by atoms with Crippen molar-refractivity contribution in [1.82, 2.24) is 24.5 Å². The largest absolute Gasteiger partial charge is 0.342 e. The first kappa shape index (κ1) is 23.7. The average molecular weight is 460 g/mol. The summed E-state index contributed by atoms with van der Waals surface area (Å²) in [6.07, 6.45) is 2.68. The monoisotopic (exact) mass is 459 g/mol. The van der Waals surface area contributed by atoms with Crippen molar-refractivity contribution in [3.8, 4) is 16.9 Å². The van der Waals surface area contributed by atoms with Gasteiger partial charge in [-0.1, -0.05) is 48.5 Å². The minimum atomic E-state index is -0.0158. The highest BCUT2D eigenvalue weighted by atomic mass is 16.2. The van der Waals surface area contributed by atoms with E-state index in [9.17, 15) is 9.59 Å². The lowest BCUT2D eigenvalue weighted by Crippen LogP contribution is -2.42. The van der Waals surface area contributed by atoms with Gasteiger partial charge in [-0.05, 0) is 32.4 Å². The molecule has 2 amide bonds. The fourth-order valence-electron chi connectivity index (χ4n) is 4.42. The van der Waals surface area contributed by atoms with Gasteiger partial charge in [-0.3, -0.25) is 14.5 Å². The standard InChI is InChI=1S/C27H33N5O2/c1-3-30(4-2)25(33)21-29-16-11-17-31(19-18-29)27(34)24-20-32(23-14-9-6-10-15-23)28-26(24)22-12-7-5-8-13-22/h5-10,12-15,20H,3-4,11,16-19,21H2,1-2H3. The zero-order chi connectivity index (χ0) is 23.9. The molecule has 2 heterocycles. The fourth-order valence-corrected chi connectivity index (χ4v) is 4.42. The van der Waals surface area contributed by atoms with E-state index < -0.39 is 0 Å². The van der Waals surface area contributed by atoms with Crippen LogP contribution in [0.25, 0.3) is 16.9 Å². The normalized spacial score (nSPS) is 14.6. The van der Waals surface area contributed by atoms with Crippen LogP contribution in [0, 0.1) is 0 Å². The molecule has 0 atom stereocenters. The van der Waals surface area contributed by atoms with Gasteiger partial charge in [-0.15, -0.1) is 0 Å². The lowest BCUT2D eigenvalue weighted by molar-refractivity contribution is -0.132. The molecule has 7 nitrogen and oxygen atoms in total. The average Bonchev–Trinajstić information content (AvgIpc) is 3.20. The number of nitrogens with zero attached hydrogens (tertiary/aromatic N) is 5. The molecule has 0 saturated carbocycles. The Bertz CT molecular complexity index is 1090. The Balaban J connectivity index is 1.54. The van der Waals surface area contributed by atoms with Crippen molar-refractivity contribution in [3.05, 3.63) is 72.4 Å². The molecule has 1 aliphatic heterocycles. The van der Waals surface area contributed by atoms with Gasteiger partial charge in [0.25, 0.3) is 5.91 Å². The van der Waals surface area contributed by atoms with Gasteiger partial charge in [-0.2, -0.15) is 5.10 Å². The molecule has 0 N–H and O–H groups in total. The summed E-state index contributed by atoms with van der Waals surface area (Å²) < 4.78 is 1.78. The zero-order valence-corrected chi connectivity index (χ0v) is 20.1. The summed E-state index contributed by atoms with van der Waals surface area (Å²) in [4.78, 5) is 32.2. The molecule has 4 rings (SSSR count). The topological polar surface area (TPSA) is 61.7 Å². The third-order valence-corrected chi connectivity index (χ3v) is 6.36. The maximum absolute atomic E-state index is 13.7. The van der Waals surface area contributed by atoms with E-state index in [0.29, 0.717) is 37.4 Å². The summed E-state index contributed by atoms with van der Waals surface area (Å²) in [5.74, 6) is 0.137. The summed E-state index contributed by atoms with van der Waals surface area (Å²) in [6.45, 7) is 8.62. The molecule has 178 valence electrons. The van der Waals surface area contributed by atoms with Gasteiger partial charge in [0.2, 0.25) is 5.91 Å².